The van der Waals surface area contributed by atoms with Crippen LogP contribution in [0.25, 0.3) is 0 Å². The second-order valence-corrected chi connectivity index (χ2v) is 5.19. The molecule has 19 heavy (non-hydrogen) atoms. The zero-order valence-electron chi connectivity index (χ0n) is 10.8. The predicted octanol–water partition coefficient (Wildman–Crippen LogP) is 2.33. The number of ether oxygens (including phenoxy) is 3. The molecule has 1 atom stereocenters. The molecule has 1 unspecified atom stereocenters. The van der Waals surface area contributed by atoms with Crippen LogP contribution in [-0.2, 0) is 9.47 Å². The van der Waals surface area contributed by atoms with Crippen LogP contribution >= 0.6 is 0 Å². The first-order valence-electron chi connectivity index (χ1n) is 6.76. The van der Waals surface area contributed by atoms with Crippen molar-refractivity contribution in [2.24, 2.45) is 0 Å². The molecule has 0 aromatic carbocycles. The van der Waals surface area contributed by atoms with Gasteiger partial charge >= 0.3 is 0 Å². The maximum Gasteiger partial charge on any atom is 0.213 e. The molecule has 4 nitrogen and oxygen atoms in total. The summed E-state index contributed by atoms with van der Waals surface area (Å²) >= 11 is 0. The largest absolute Gasteiger partial charge is 0.489 e. The normalized spacial score (nSPS) is 26.3. The van der Waals surface area contributed by atoms with E-state index in [0.29, 0.717) is 12.4 Å². The first-order chi connectivity index (χ1) is 9.26. The monoisotopic (exact) mass is 267 g/mol. The van der Waals surface area contributed by atoms with Crippen LogP contribution in [0.15, 0.2) is 18.3 Å². The number of pyridine rings is 1. The molecule has 0 amide bonds. The third-order valence-corrected chi connectivity index (χ3v) is 3.85. The van der Waals surface area contributed by atoms with E-state index in [1.807, 2.05) is 0 Å². The fraction of sp³-hybridized carbons (Fsp3) is 0.643. The number of nitrogens with zero attached hydrogens (tertiary/aromatic N) is 1. The van der Waals surface area contributed by atoms with E-state index in [4.69, 9.17) is 14.2 Å². The van der Waals surface area contributed by atoms with Gasteiger partial charge in [0.25, 0.3) is 0 Å². The summed E-state index contributed by atoms with van der Waals surface area (Å²) in [4.78, 5) is 3.61. The summed E-state index contributed by atoms with van der Waals surface area (Å²) in [5.74, 6) is 0.135. The topological polar surface area (TPSA) is 40.6 Å². The summed E-state index contributed by atoms with van der Waals surface area (Å²) in [5, 5.41) is 0. The molecule has 0 radical (unpaired) electrons. The van der Waals surface area contributed by atoms with Gasteiger partial charge < -0.3 is 14.2 Å². The second-order valence-electron chi connectivity index (χ2n) is 5.19. The average molecular weight is 267 g/mol. The number of rotatable bonds is 2. The fourth-order valence-corrected chi connectivity index (χ4v) is 2.80. The Kier molecular flexibility index (Phi) is 3.66. The van der Waals surface area contributed by atoms with Crippen LogP contribution < -0.4 is 4.74 Å². The van der Waals surface area contributed by atoms with E-state index in [0.717, 1.165) is 38.9 Å². The van der Waals surface area contributed by atoms with Gasteiger partial charge in [-0.15, -0.1) is 0 Å². The smallest absolute Gasteiger partial charge is 0.213 e. The van der Waals surface area contributed by atoms with Crippen molar-refractivity contribution < 1.29 is 18.6 Å². The molecule has 2 fully saturated rings. The highest BCUT2D eigenvalue weighted by Crippen LogP contribution is 2.35. The van der Waals surface area contributed by atoms with Gasteiger partial charge in [0.2, 0.25) is 5.95 Å². The summed E-state index contributed by atoms with van der Waals surface area (Å²) in [6.07, 6.45) is 5.12. The Labute approximate surface area is 111 Å². The molecule has 104 valence electrons. The van der Waals surface area contributed by atoms with Crippen LogP contribution in [-0.4, -0.2) is 36.5 Å². The molecule has 1 aromatic heterocycles. The van der Waals surface area contributed by atoms with Gasteiger partial charge in [0, 0.05) is 26.1 Å². The van der Waals surface area contributed by atoms with Crippen molar-refractivity contribution in [1.29, 1.82) is 0 Å². The van der Waals surface area contributed by atoms with Crippen LogP contribution in [0.4, 0.5) is 4.39 Å². The van der Waals surface area contributed by atoms with Crippen molar-refractivity contribution in [2.75, 3.05) is 19.8 Å². The van der Waals surface area contributed by atoms with Gasteiger partial charge in [-0.1, -0.05) is 0 Å². The van der Waals surface area contributed by atoms with Crippen molar-refractivity contribution in [1.82, 2.24) is 4.98 Å². The van der Waals surface area contributed by atoms with Crippen molar-refractivity contribution in [2.45, 2.75) is 37.4 Å². The van der Waals surface area contributed by atoms with Gasteiger partial charge in [0.1, 0.15) is 11.9 Å². The lowest BCUT2D eigenvalue weighted by molar-refractivity contribution is -0.155. The van der Waals surface area contributed by atoms with Gasteiger partial charge in [0.05, 0.1) is 18.4 Å². The SMILES string of the molecule is Fc1ccc(OC2CCOC3(CCOCC3)C2)cn1. The summed E-state index contributed by atoms with van der Waals surface area (Å²) in [6, 6.07) is 2.94. The molecular formula is C14H18FNO3. The van der Waals surface area contributed by atoms with Crippen LogP contribution in [0.5, 0.6) is 5.75 Å². The first kappa shape index (κ1) is 12.8. The van der Waals surface area contributed by atoms with E-state index in [1.54, 1.807) is 6.07 Å². The summed E-state index contributed by atoms with van der Waals surface area (Å²) in [7, 11) is 0. The summed E-state index contributed by atoms with van der Waals surface area (Å²) in [5.41, 5.74) is -0.0887. The van der Waals surface area contributed by atoms with Gasteiger partial charge in [-0.05, 0) is 25.0 Å². The molecule has 1 spiro atoms. The number of aromatic nitrogens is 1. The third kappa shape index (κ3) is 3.04. The minimum absolute atomic E-state index is 0.0887. The maximum atomic E-state index is 12.8. The Morgan fingerprint density at radius 2 is 2.11 bits per heavy atom. The molecule has 2 aliphatic rings. The number of halogens is 1. The van der Waals surface area contributed by atoms with Crippen molar-refractivity contribution in [3.05, 3.63) is 24.3 Å². The lowest BCUT2D eigenvalue weighted by atomic mass is 9.85. The predicted molar refractivity (Wildman–Crippen MR) is 66.6 cm³/mol. The van der Waals surface area contributed by atoms with Crippen LogP contribution in [0.3, 0.4) is 0 Å². The van der Waals surface area contributed by atoms with Crippen LogP contribution in [0, 0.1) is 5.95 Å². The molecule has 0 aliphatic carbocycles. The van der Waals surface area contributed by atoms with Crippen LogP contribution in [0.1, 0.15) is 25.7 Å². The molecule has 3 heterocycles. The second kappa shape index (κ2) is 5.43. The molecular weight excluding hydrogens is 249 g/mol. The Morgan fingerprint density at radius 1 is 1.26 bits per heavy atom. The maximum absolute atomic E-state index is 12.8. The zero-order chi connectivity index (χ0) is 13.1. The van der Waals surface area contributed by atoms with E-state index in [2.05, 4.69) is 4.98 Å². The molecule has 0 saturated carbocycles. The Bertz CT molecular complexity index is 412. The van der Waals surface area contributed by atoms with Crippen LogP contribution in [0.2, 0.25) is 0 Å². The van der Waals surface area contributed by atoms with E-state index < -0.39 is 5.95 Å². The van der Waals surface area contributed by atoms with Crippen molar-refractivity contribution in [3.63, 3.8) is 0 Å². The van der Waals surface area contributed by atoms with E-state index in [9.17, 15) is 4.39 Å². The first-order valence-corrected chi connectivity index (χ1v) is 6.76. The highest BCUT2D eigenvalue weighted by Gasteiger charge is 2.39. The molecule has 5 heteroatoms. The molecule has 0 bridgehead atoms. The van der Waals surface area contributed by atoms with E-state index >= 15 is 0 Å². The van der Waals surface area contributed by atoms with Gasteiger partial charge in [0.15, 0.2) is 0 Å². The average Bonchev–Trinajstić information content (AvgIpc) is 2.42. The summed E-state index contributed by atoms with van der Waals surface area (Å²) in [6.45, 7) is 2.22. The molecule has 0 N–H and O–H groups in total. The molecule has 3 rings (SSSR count). The lowest BCUT2D eigenvalue weighted by Gasteiger charge is -2.43. The van der Waals surface area contributed by atoms with Crippen molar-refractivity contribution >= 4 is 0 Å². The van der Waals surface area contributed by atoms with Gasteiger partial charge in [-0.3, -0.25) is 0 Å². The Morgan fingerprint density at radius 3 is 2.84 bits per heavy atom. The van der Waals surface area contributed by atoms with Crippen molar-refractivity contribution in [3.8, 4) is 5.75 Å². The van der Waals surface area contributed by atoms with E-state index in [1.165, 1.54) is 12.3 Å². The standard InChI is InChI=1S/C14H18FNO3/c15-13-2-1-12(10-16-13)19-11-3-6-18-14(9-11)4-7-17-8-5-14/h1-2,10-11H,3-9H2. The number of hydrogen-bond acceptors (Lipinski definition) is 4. The quantitative estimate of drug-likeness (QED) is 0.771. The summed E-state index contributed by atoms with van der Waals surface area (Å²) < 4.78 is 30.0. The van der Waals surface area contributed by atoms with E-state index in [-0.39, 0.29) is 11.7 Å². The van der Waals surface area contributed by atoms with Gasteiger partial charge in [-0.25, -0.2) is 4.98 Å². The third-order valence-electron chi connectivity index (χ3n) is 3.85. The van der Waals surface area contributed by atoms with Gasteiger partial charge in [-0.2, -0.15) is 4.39 Å². The highest BCUT2D eigenvalue weighted by molar-refractivity contribution is 5.16. The zero-order valence-corrected chi connectivity index (χ0v) is 10.8. The minimum atomic E-state index is -0.486. The lowest BCUT2D eigenvalue weighted by Crippen LogP contribution is -2.47. The Balaban J connectivity index is 1.63. The minimum Gasteiger partial charge on any atom is -0.489 e. The molecule has 2 aliphatic heterocycles. The molecule has 2 saturated heterocycles. The number of hydrogen-bond donors (Lipinski definition) is 0. The fourth-order valence-electron chi connectivity index (χ4n) is 2.80. The Hall–Kier alpha value is -1.20. The molecule has 1 aromatic rings. The highest BCUT2D eigenvalue weighted by atomic mass is 19.1.